The zero-order valence-corrected chi connectivity index (χ0v) is 28.0. The maximum absolute atomic E-state index is 11.6. The van der Waals surface area contributed by atoms with Gasteiger partial charge in [0.2, 0.25) is 11.5 Å². The van der Waals surface area contributed by atoms with Gasteiger partial charge in [-0.3, -0.25) is 0 Å². The van der Waals surface area contributed by atoms with Gasteiger partial charge in [-0.2, -0.15) is 0 Å². The van der Waals surface area contributed by atoms with Crippen molar-refractivity contribution in [3.05, 3.63) is 115 Å². The first-order chi connectivity index (χ1) is 26.1. The van der Waals surface area contributed by atoms with E-state index >= 15 is 0 Å². The van der Waals surface area contributed by atoms with Gasteiger partial charge in [-0.05, 0) is 61.9 Å². The second-order valence-electron chi connectivity index (χ2n) is 13.0. The predicted molar refractivity (Wildman–Crippen MR) is 209 cm³/mol. The standard InChI is InChI=1S/C44H27BO9/c45-36-41(50)38(47)34(39(48)42(36)51)27-18-21(19-29-32(27)26-16-8-9-17-28(26)54-29)30-22-12-4-6-14-24(22)33(25-15-7-5-13-23(25)30)35-31(20-10-2-1-3-11-20)37(46)43(52)44(53)40(35)49/h1-19,46-53H. The second kappa shape index (κ2) is 11.8. The Hall–Kier alpha value is -7.46. The average Bonchev–Trinajstić information content (AvgIpc) is 3.58. The molecule has 0 spiro atoms. The molecule has 0 saturated carbocycles. The number of phenolic OH excluding ortho intramolecular Hbond substituents is 8. The Balaban J connectivity index is 1.46. The fourth-order valence-electron chi connectivity index (χ4n) is 7.70. The molecule has 9 aromatic rings. The van der Waals surface area contributed by atoms with E-state index in [2.05, 4.69) is 0 Å². The summed E-state index contributed by atoms with van der Waals surface area (Å²) in [7, 11) is 5.80. The van der Waals surface area contributed by atoms with Crippen molar-refractivity contribution in [2.45, 2.75) is 0 Å². The lowest BCUT2D eigenvalue weighted by Gasteiger charge is -2.22. The highest BCUT2D eigenvalue weighted by atomic mass is 16.3. The number of hydrogen-bond acceptors (Lipinski definition) is 9. The molecule has 10 heteroatoms. The monoisotopic (exact) mass is 710 g/mol. The van der Waals surface area contributed by atoms with E-state index in [1.165, 1.54) is 0 Å². The molecule has 1 aromatic heterocycles. The van der Waals surface area contributed by atoms with Crippen LogP contribution in [0.2, 0.25) is 0 Å². The first kappa shape index (κ1) is 32.5. The van der Waals surface area contributed by atoms with Gasteiger partial charge >= 0.3 is 0 Å². The summed E-state index contributed by atoms with van der Waals surface area (Å²) in [6.07, 6.45) is 0. The van der Waals surface area contributed by atoms with E-state index < -0.39 is 51.5 Å². The number of para-hydroxylation sites is 1. The third-order valence-corrected chi connectivity index (χ3v) is 10.1. The summed E-state index contributed by atoms with van der Waals surface area (Å²) in [6.45, 7) is 0. The van der Waals surface area contributed by atoms with Crippen molar-refractivity contribution in [1.29, 1.82) is 0 Å². The zero-order valence-electron chi connectivity index (χ0n) is 28.0. The molecule has 0 unspecified atom stereocenters. The number of phenols is 8. The van der Waals surface area contributed by atoms with E-state index in [-0.39, 0.29) is 22.3 Å². The Morgan fingerprint density at radius 3 is 1.39 bits per heavy atom. The number of fused-ring (bicyclic) bond motifs is 5. The van der Waals surface area contributed by atoms with Gasteiger partial charge in [0.25, 0.3) is 0 Å². The van der Waals surface area contributed by atoms with Crippen LogP contribution < -0.4 is 5.46 Å². The van der Waals surface area contributed by atoms with Crippen LogP contribution >= 0.6 is 0 Å². The van der Waals surface area contributed by atoms with Gasteiger partial charge in [0.15, 0.2) is 34.5 Å². The number of benzene rings is 8. The van der Waals surface area contributed by atoms with E-state index in [0.29, 0.717) is 65.7 Å². The molecule has 260 valence electrons. The predicted octanol–water partition coefficient (Wildman–Crippen LogP) is 9.00. The van der Waals surface area contributed by atoms with Crippen molar-refractivity contribution in [2.75, 3.05) is 0 Å². The summed E-state index contributed by atoms with van der Waals surface area (Å²) in [5, 5.41) is 92.3. The molecule has 54 heavy (non-hydrogen) atoms. The number of hydrogen-bond donors (Lipinski definition) is 8. The van der Waals surface area contributed by atoms with Gasteiger partial charge in [0.1, 0.15) is 19.0 Å². The van der Waals surface area contributed by atoms with Gasteiger partial charge in [0.05, 0.1) is 5.56 Å². The van der Waals surface area contributed by atoms with Gasteiger partial charge < -0.3 is 45.3 Å². The second-order valence-corrected chi connectivity index (χ2v) is 13.0. The average molecular weight is 711 g/mol. The molecular weight excluding hydrogens is 683 g/mol. The summed E-state index contributed by atoms with van der Waals surface area (Å²) in [5.41, 5.74) is 2.59. The van der Waals surface area contributed by atoms with E-state index in [0.717, 1.165) is 0 Å². The van der Waals surface area contributed by atoms with Crippen LogP contribution in [0, 0.1) is 0 Å². The van der Waals surface area contributed by atoms with Crippen LogP contribution in [0.3, 0.4) is 0 Å². The molecular formula is C44H27BO9. The minimum atomic E-state index is -0.881. The van der Waals surface area contributed by atoms with Gasteiger partial charge in [-0.15, -0.1) is 0 Å². The van der Waals surface area contributed by atoms with Crippen molar-refractivity contribution in [1.82, 2.24) is 0 Å². The molecule has 0 saturated heterocycles. The van der Waals surface area contributed by atoms with E-state index in [1.54, 1.807) is 48.5 Å². The van der Waals surface area contributed by atoms with E-state index in [1.807, 2.05) is 66.7 Å². The van der Waals surface area contributed by atoms with E-state index in [4.69, 9.17) is 12.3 Å². The van der Waals surface area contributed by atoms with Crippen LogP contribution in [0.1, 0.15) is 0 Å². The molecule has 9 rings (SSSR count). The Morgan fingerprint density at radius 1 is 0.352 bits per heavy atom. The fourth-order valence-corrected chi connectivity index (χ4v) is 7.70. The summed E-state index contributed by atoms with van der Waals surface area (Å²) in [5.74, 6) is -6.08. The fraction of sp³-hybridized carbons (Fsp3) is 0. The van der Waals surface area contributed by atoms with Gasteiger partial charge in [-0.1, -0.05) is 97.1 Å². The molecule has 1 heterocycles. The number of aromatic hydroxyl groups is 8. The number of rotatable bonds is 4. The highest BCUT2D eigenvalue weighted by molar-refractivity contribution is 6.37. The molecule has 0 aliphatic heterocycles. The van der Waals surface area contributed by atoms with Crippen molar-refractivity contribution < 1.29 is 45.3 Å². The quantitative estimate of drug-likeness (QED) is 0.0384. The van der Waals surface area contributed by atoms with Crippen LogP contribution in [0.15, 0.2) is 120 Å². The van der Waals surface area contributed by atoms with Crippen LogP contribution in [0.5, 0.6) is 46.0 Å². The Labute approximate surface area is 307 Å². The van der Waals surface area contributed by atoms with Crippen LogP contribution in [-0.4, -0.2) is 48.7 Å². The smallest absolute Gasteiger partial charge is 0.204 e. The Kier molecular flexibility index (Phi) is 7.09. The van der Waals surface area contributed by atoms with Gasteiger partial charge in [0, 0.05) is 33.0 Å². The first-order valence-electron chi connectivity index (χ1n) is 16.8. The third-order valence-electron chi connectivity index (χ3n) is 10.1. The number of furan rings is 1. The van der Waals surface area contributed by atoms with Crippen molar-refractivity contribution in [3.63, 3.8) is 0 Å². The highest BCUT2D eigenvalue weighted by Crippen LogP contribution is 2.58. The minimum Gasteiger partial charge on any atom is -0.505 e. The largest absolute Gasteiger partial charge is 0.505 e. The topological polar surface area (TPSA) is 175 Å². The van der Waals surface area contributed by atoms with Crippen LogP contribution in [0.25, 0.3) is 88.0 Å². The van der Waals surface area contributed by atoms with E-state index in [9.17, 15) is 40.9 Å². The molecule has 0 amide bonds. The summed E-state index contributed by atoms with van der Waals surface area (Å²) < 4.78 is 6.35. The molecule has 0 aliphatic carbocycles. The lowest BCUT2D eigenvalue weighted by molar-refractivity contribution is 0.348. The molecule has 0 atom stereocenters. The Bertz CT molecular complexity index is 2960. The minimum absolute atomic E-state index is 0.0871. The molecule has 2 radical (unpaired) electrons. The summed E-state index contributed by atoms with van der Waals surface area (Å²) >= 11 is 0. The van der Waals surface area contributed by atoms with Crippen molar-refractivity contribution >= 4 is 56.8 Å². The lowest BCUT2D eigenvalue weighted by Crippen LogP contribution is -2.05. The molecule has 0 bridgehead atoms. The van der Waals surface area contributed by atoms with Crippen molar-refractivity contribution in [3.8, 4) is 90.5 Å². The maximum atomic E-state index is 11.6. The summed E-state index contributed by atoms with van der Waals surface area (Å²) in [4.78, 5) is 0. The lowest BCUT2D eigenvalue weighted by atomic mass is 9.82. The van der Waals surface area contributed by atoms with Crippen LogP contribution in [-0.2, 0) is 0 Å². The molecule has 8 N–H and O–H groups in total. The SMILES string of the molecule is [B]c1c(O)c(O)c(-c2cc(-c3c4ccccc4c(-c4c(O)c(O)c(O)c(O)c4-c4ccccc4)c4ccccc34)cc3oc4ccccc4c23)c(O)c1O. The normalized spacial score (nSPS) is 11.6. The highest BCUT2D eigenvalue weighted by Gasteiger charge is 2.30. The molecule has 8 aromatic carbocycles. The molecule has 0 aliphatic rings. The van der Waals surface area contributed by atoms with Crippen molar-refractivity contribution in [2.24, 2.45) is 0 Å². The van der Waals surface area contributed by atoms with Gasteiger partial charge in [-0.25, -0.2) is 0 Å². The summed E-state index contributed by atoms with van der Waals surface area (Å²) in [6, 6.07) is 34.2. The maximum Gasteiger partial charge on any atom is 0.204 e. The first-order valence-corrected chi connectivity index (χ1v) is 16.8. The Morgan fingerprint density at radius 2 is 0.815 bits per heavy atom. The zero-order chi connectivity index (χ0) is 37.6. The third kappa shape index (κ3) is 4.46. The molecule has 9 nitrogen and oxygen atoms in total. The van der Waals surface area contributed by atoms with Crippen LogP contribution in [0.4, 0.5) is 0 Å². The molecule has 0 fully saturated rings.